The Morgan fingerprint density at radius 1 is 1.52 bits per heavy atom. The number of benzene rings is 1. The molecule has 1 saturated carbocycles. The second-order valence-corrected chi connectivity index (χ2v) is 6.18. The van der Waals surface area contributed by atoms with Gasteiger partial charge in [-0.1, -0.05) is 0 Å². The molecule has 1 aromatic carbocycles. The zero-order valence-corrected chi connectivity index (χ0v) is 13.5. The van der Waals surface area contributed by atoms with Gasteiger partial charge in [-0.25, -0.2) is 9.37 Å². The summed E-state index contributed by atoms with van der Waals surface area (Å²) in [5.74, 6) is 1.07. The van der Waals surface area contributed by atoms with Gasteiger partial charge in [-0.05, 0) is 37.8 Å². The minimum Gasteiger partial charge on any atom is -0.368 e. The zero-order valence-electron chi connectivity index (χ0n) is 13.5. The first-order chi connectivity index (χ1) is 11.0. The summed E-state index contributed by atoms with van der Waals surface area (Å²) in [6.07, 6.45) is 2.59. The van der Waals surface area contributed by atoms with Crippen molar-refractivity contribution in [3.8, 4) is 0 Å². The van der Waals surface area contributed by atoms with Crippen molar-refractivity contribution in [3.63, 3.8) is 0 Å². The van der Waals surface area contributed by atoms with Crippen molar-refractivity contribution < 1.29 is 13.9 Å². The molecular weight excluding hydrogens is 297 g/mol. The predicted molar refractivity (Wildman–Crippen MR) is 85.5 cm³/mol. The molecule has 1 aromatic heterocycles. The number of imidazole rings is 1. The number of carbonyl (C=O) groups excluding carboxylic acids is 1. The molecule has 0 radical (unpaired) electrons. The van der Waals surface area contributed by atoms with Gasteiger partial charge in [0.2, 0.25) is 5.91 Å². The molecule has 1 atom stereocenters. The van der Waals surface area contributed by atoms with Crippen molar-refractivity contribution >= 4 is 16.9 Å². The number of halogens is 1. The molecular formula is C17H22FN3O2. The van der Waals surface area contributed by atoms with Crippen LogP contribution in [-0.4, -0.2) is 34.7 Å². The Bertz CT molecular complexity index is 709. The van der Waals surface area contributed by atoms with Gasteiger partial charge >= 0.3 is 0 Å². The standard InChI is InChI=1S/C17H22FN3O2/c1-11(23-10-12-3-4-12)17(22)19-8-7-16-20-14-9-13(18)5-6-15(14)21(16)2/h5-6,9,11-12H,3-4,7-8,10H2,1-2H3,(H,19,22)/t11-/m0/s1. The first-order valence-electron chi connectivity index (χ1n) is 8.05. The zero-order chi connectivity index (χ0) is 16.4. The lowest BCUT2D eigenvalue weighted by molar-refractivity contribution is -0.131. The maximum Gasteiger partial charge on any atom is 0.248 e. The summed E-state index contributed by atoms with van der Waals surface area (Å²) in [6, 6.07) is 4.56. The number of hydrogen-bond acceptors (Lipinski definition) is 3. The van der Waals surface area contributed by atoms with E-state index in [4.69, 9.17) is 4.74 Å². The lowest BCUT2D eigenvalue weighted by atomic mass is 10.3. The first-order valence-corrected chi connectivity index (χ1v) is 8.05. The highest BCUT2D eigenvalue weighted by Gasteiger charge is 2.23. The highest BCUT2D eigenvalue weighted by molar-refractivity contribution is 5.80. The Morgan fingerprint density at radius 3 is 3.04 bits per heavy atom. The summed E-state index contributed by atoms with van der Waals surface area (Å²) in [5.41, 5.74) is 1.52. The molecule has 0 aliphatic heterocycles. The lowest BCUT2D eigenvalue weighted by Crippen LogP contribution is -2.36. The van der Waals surface area contributed by atoms with Crippen LogP contribution in [0.5, 0.6) is 0 Å². The molecule has 0 spiro atoms. The molecule has 3 rings (SSSR count). The van der Waals surface area contributed by atoms with Gasteiger partial charge < -0.3 is 14.6 Å². The molecule has 23 heavy (non-hydrogen) atoms. The fourth-order valence-electron chi connectivity index (χ4n) is 2.53. The maximum atomic E-state index is 13.2. The number of aryl methyl sites for hydroxylation is 1. The third-order valence-corrected chi connectivity index (χ3v) is 4.23. The van der Waals surface area contributed by atoms with Crippen LogP contribution < -0.4 is 5.32 Å². The molecule has 0 bridgehead atoms. The number of nitrogens with one attached hydrogen (secondary N) is 1. The molecule has 1 amide bonds. The molecule has 124 valence electrons. The molecule has 2 aromatic rings. The van der Waals surface area contributed by atoms with E-state index in [2.05, 4.69) is 10.3 Å². The van der Waals surface area contributed by atoms with Crippen LogP contribution in [-0.2, 0) is 23.0 Å². The average molecular weight is 319 g/mol. The van der Waals surface area contributed by atoms with E-state index in [-0.39, 0.29) is 11.7 Å². The fourth-order valence-corrected chi connectivity index (χ4v) is 2.53. The van der Waals surface area contributed by atoms with Crippen molar-refractivity contribution in [1.29, 1.82) is 0 Å². The molecule has 5 nitrogen and oxygen atoms in total. The smallest absolute Gasteiger partial charge is 0.248 e. The Labute approximate surface area is 134 Å². The van der Waals surface area contributed by atoms with E-state index in [9.17, 15) is 9.18 Å². The van der Waals surface area contributed by atoms with E-state index in [1.165, 1.54) is 25.0 Å². The van der Waals surface area contributed by atoms with Crippen molar-refractivity contribution in [2.24, 2.45) is 13.0 Å². The van der Waals surface area contributed by atoms with Crippen LogP contribution in [0.15, 0.2) is 18.2 Å². The van der Waals surface area contributed by atoms with Crippen LogP contribution >= 0.6 is 0 Å². The molecule has 1 heterocycles. The van der Waals surface area contributed by atoms with E-state index >= 15 is 0 Å². The van der Waals surface area contributed by atoms with Gasteiger partial charge in [-0.2, -0.15) is 0 Å². The molecule has 1 fully saturated rings. The third-order valence-electron chi connectivity index (χ3n) is 4.23. The van der Waals surface area contributed by atoms with Crippen LogP contribution in [0.2, 0.25) is 0 Å². The van der Waals surface area contributed by atoms with E-state index < -0.39 is 6.10 Å². The monoisotopic (exact) mass is 319 g/mol. The molecule has 1 aliphatic rings. The van der Waals surface area contributed by atoms with Crippen molar-refractivity contribution in [3.05, 3.63) is 29.8 Å². The van der Waals surface area contributed by atoms with Gasteiger partial charge in [-0.15, -0.1) is 0 Å². The topological polar surface area (TPSA) is 56.1 Å². The summed E-state index contributed by atoms with van der Waals surface area (Å²) < 4.78 is 20.7. The van der Waals surface area contributed by atoms with E-state index in [0.717, 1.165) is 11.3 Å². The molecule has 6 heteroatoms. The number of ether oxygens (including phenoxy) is 1. The highest BCUT2D eigenvalue weighted by atomic mass is 19.1. The van der Waals surface area contributed by atoms with Crippen LogP contribution in [0.3, 0.4) is 0 Å². The number of amides is 1. The number of rotatable bonds is 7. The Balaban J connectivity index is 1.51. The van der Waals surface area contributed by atoms with E-state index in [1.807, 2.05) is 11.6 Å². The summed E-state index contributed by atoms with van der Waals surface area (Å²) in [5, 5.41) is 2.87. The van der Waals surface area contributed by atoms with E-state index in [0.29, 0.717) is 31.0 Å². The molecule has 0 unspecified atom stereocenters. The Kier molecular flexibility index (Phi) is 4.61. The molecule has 1 aliphatic carbocycles. The fraction of sp³-hybridized carbons (Fsp3) is 0.529. The van der Waals surface area contributed by atoms with Crippen LogP contribution in [0.4, 0.5) is 4.39 Å². The van der Waals surface area contributed by atoms with Gasteiger partial charge in [0.15, 0.2) is 0 Å². The second kappa shape index (κ2) is 6.66. The summed E-state index contributed by atoms with van der Waals surface area (Å²) >= 11 is 0. The average Bonchev–Trinajstić information content (AvgIpc) is 3.30. The Morgan fingerprint density at radius 2 is 2.30 bits per heavy atom. The Hall–Kier alpha value is -1.95. The van der Waals surface area contributed by atoms with Gasteiger partial charge in [0.05, 0.1) is 17.6 Å². The number of aromatic nitrogens is 2. The van der Waals surface area contributed by atoms with Crippen LogP contribution in [0.1, 0.15) is 25.6 Å². The SMILES string of the molecule is C[C@H](OCC1CC1)C(=O)NCCc1nc2cc(F)ccc2n1C. The first kappa shape index (κ1) is 15.9. The number of nitrogens with zero attached hydrogens (tertiary/aromatic N) is 2. The summed E-state index contributed by atoms with van der Waals surface area (Å²) in [6.45, 7) is 2.93. The van der Waals surface area contributed by atoms with Gasteiger partial charge in [0.1, 0.15) is 17.7 Å². The largest absolute Gasteiger partial charge is 0.368 e. The minimum atomic E-state index is -0.426. The van der Waals surface area contributed by atoms with Gasteiger partial charge in [0.25, 0.3) is 0 Å². The lowest BCUT2D eigenvalue weighted by Gasteiger charge is -2.13. The maximum absolute atomic E-state index is 13.2. The van der Waals surface area contributed by atoms with E-state index in [1.54, 1.807) is 13.0 Å². The normalized spacial score (nSPS) is 15.8. The van der Waals surface area contributed by atoms with Crippen LogP contribution in [0.25, 0.3) is 11.0 Å². The highest BCUT2D eigenvalue weighted by Crippen LogP contribution is 2.29. The molecule has 0 saturated heterocycles. The molecule has 1 N–H and O–H groups in total. The van der Waals surface area contributed by atoms with Crippen molar-refractivity contribution in [2.45, 2.75) is 32.3 Å². The summed E-state index contributed by atoms with van der Waals surface area (Å²) in [7, 11) is 1.89. The quantitative estimate of drug-likeness (QED) is 0.851. The number of carbonyl (C=O) groups is 1. The summed E-state index contributed by atoms with van der Waals surface area (Å²) in [4.78, 5) is 16.4. The second-order valence-electron chi connectivity index (χ2n) is 6.18. The number of fused-ring (bicyclic) bond motifs is 1. The van der Waals surface area contributed by atoms with Gasteiger partial charge in [-0.3, -0.25) is 4.79 Å². The predicted octanol–water partition coefficient (Wildman–Crippen LogP) is 2.19. The van der Waals surface area contributed by atoms with Crippen molar-refractivity contribution in [2.75, 3.05) is 13.2 Å². The van der Waals surface area contributed by atoms with Gasteiger partial charge in [0, 0.05) is 26.1 Å². The van der Waals surface area contributed by atoms with Crippen molar-refractivity contribution in [1.82, 2.24) is 14.9 Å². The van der Waals surface area contributed by atoms with Crippen LogP contribution in [0, 0.1) is 11.7 Å². The minimum absolute atomic E-state index is 0.101. The third kappa shape index (κ3) is 3.88. The number of hydrogen-bond donors (Lipinski definition) is 1.